The number of benzene rings is 1. The van der Waals surface area contributed by atoms with Gasteiger partial charge in [-0.2, -0.15) is 4.99 Å². The van der Waals surface area contributed by atoms with Gasteiger partial charge >= 0.3 is 5.97 Å². The zero-order chi connectivity index (χ0) is 17.3. The van der Waals surface area contributed by atoms with Crippen molar-refractivity contribution >= 4 is 23.6 Å². The number of carbonyl (C=O) groups is 1. The van der Waals surface area contributed by atoms with Crippen molar-refractivity contribution in [3.63, 3.8) is 0 Å². The third-order valence-corrected chi connectivity index (χ3v) is 4.72. The van der Waals surface area contributed by atoms with E-state index in [9.17, 15) is 4.79 Å². The third kappa shape index (κ3) is 2.70. The Morgan fingerprint density at radius 3 is 2.62 bits per heavy atom. The molecule has 24 heavy (non-hydrogen) atoms. The normalized spacial score (nSPS) is 19.7. The van der Waals surface area contributed by atoms with Crippen molar-refractivity contribution in [1.82, 2.24) is 0 Å². The summed E-state index contributed by atoms with van der Waals surface area (Å²) in [5.41, 5.74) is 13.9. The molecular weight excluding hydrogens is 306 g/mol. The monoisotopic (exact) mass is 329 g/mol. The van der Waals surface area contributed by atoms with Crippen LogP contribution in [-0.4, -0.2) is 30.7 Å². The fourth-order valence-electron chi connectivity index (χ4n) is 3.56. The van der Waals surface area contributed by atoms with Crippen molar-refractivity contribution in [2.24, 2.45) is 21.5 Å². The molecular formula is C17H23N5O2. The maximum atomic E-state index is 11.9. The number of nitrogens with zero attached hydrogens (tertiary/aromatic N) is 3. The minimum atomic E-state index is -0.520. The van der Waals surface area contributed by atoms with Gasteiger partial charge in [-0.1, -0.05) is 12.5 Å². The highest BCUT2D eigenvalue weighted by molar-refractivity contribution is 6.06. The van der Waals surface area contributed by atoms with Crippen LogP contribution >= 0.6 is 0 Å². The molecule has 0 aromatic heterocycles. The predicted molar refractivity (Wildman–Crippen MR) is 94.1 cm³/mol. The lowest BCUT2D eigenvalue weighted by atomic mass is 9.87. The van der Waals surface area contributed by atoms with Gasteiger partial charge in [-0.05, 0) is 50.3 Å². The molecule has 0 bridgehead atoms. The summed E-state index contributed by atoms with van der Waals surface area (Å²) in [6.07, 6.45) is 4.98. The maximum absolute atomic E-state index is 11.9. The molecule has 1 aromatic carbocycles. The Morgan fingerprint density at radius 2 is 1.96 bits per heavy atom. The number of esters is 1. The second-order valence-corrected chi connectivity index (χ2v) is 6.31. The molecule has 1 fully saturated rings. The van der Waals surface area contributed by atoms with Crippen LogP contribution in [0.3, 0.4) is 0 Å². The summed E-state index contributed by atoms with van der Waals surface area (Å²) in [6.45, 7) is 1.97. The smallest absolute Gasteiger partial charge is 0.337 e. The molecule has 1 saturated carbocycles. The van der Waals surface area contributed by atoms with E-state index in [0.717, 1.165) is 36.9 Å². The Bertz CT molecular complexity index is 720. The number of carbonyl (C=O) groups excluding carboxylic acids is 1. The maximum Gasteiger partial charge on any atom is 0.337 e. The Kier molecular flexibility index (Phi) is 4.17. The van der Waals surface area contributed by atoms with Crippen LogP contribution in [0.5, 0.6) is 0 Å². The van der Waals surface area contributed by atoms with Gasteiger partial charge in [-0.15, -0.1) is 0 Å². The van der Waals surface area contributed by atoms with Gasteiger partial charge in [0.25, 0.3) is 0 Å². The van der Waals surface area contributed by atoms with Crippen molar-refractivity contribution in [3.05, 3.63) is 29.3 Å². The first-order valence-electron chi connectivity index (χ1n) is 8.15. The molecule has 0 radical (unpaired) electrons. The highest BCUT2D eigenvalue weighted by atomic mass is 16.5. The first kappa shape index (κ1) is 16.3. The summed E-state index contributed by atoms with van der Waals surface area (Å²) >= 11 is 0. The molecule has 7 heteroatoms. The second-order valence-electron chi connectivity index (χ2n) is 6.31. The standard InChI is InChI=1S/C17H23N5O2/c1-11-6-7-12(14(23)24-2)10-13(11)22-16(19)20-15(18)21-17(22)8-4-3-5-9-17/h6-7,10H,3-5,8-9H2,1-2H3,(H4,18,19,20,21). The molecule has 4 N–H and O–H groups in total. The minimum absolute atomic E-state index is 0.215. The average Bonchev–Trinajstić information content (AvgIpc) is 2.55. The lowest BCUT2D eigenvalue weighted by molar-refractivity contribution is 0.0600. The molecule has 1 aliphatic heterocycles. The van der Waals surface area contributed by atoms with Gasteiger partial charge in [-0.25, -0.2) is 9.79 Å². The quantitative estimate of drug-likeness (QED) is 0.806. The van der Waals surface area contributed by atoms with Gasteiger partial charge in [0.05, 0.1) is 18.4 Å². The van der Waals surface area contributed by atoms with E-state index >= 15 is 0 Å². The first-order chi connectivity index (χ1) is 11.5. The van der Waals surface area contributed by atoms with Gasteiger partial charge in [0, 0.05) is 0 Å². The number of hydrogen-bond acceptors (Lipinski definition) is 7. The van der Waals surface area contributed by atoms with Crippen LogP contribution in [0.15, 0.2) is 28.2 Å². The van der Waals surface area contributed by atoms with E-state index < -0.39 is 5.66 Å². The molecule has 0 saturated heterocycles. The summed E-state index contributed by atoms with van der Waals surface area (Å²) in [6, 6.07) is 5.41. The van der Waals surface area contributed by atoms with Crippen LogP contribution in [0.1, 0.15) is 48.0 Å². The number of hydrogen-bond donors (Lipinski definition) is 2. The van der Waals surface area contributed by atoms with Gasteiger partial charge in [0.2, 0.25) is 11.9 Å². The molecule has 0 unspecified atom stereocenters. The molecule has 128 valence electrons. The van der Waals surface area contributed by atoms with E-state index in [4.69, 9.17) is 16.2 Å². The minimum Gasteiger partial charge on any atom is -0.465 e. The van der Waals surface area contributed by atoms with E-state index in [1.807, 2.05) is 17.9 Å². The number of nitrogens with two attached hydrogens (primary N) is 2. The van der Waals surface area contributed by atoms with Crippen molar-refractivity contribution in [1.29, 1.82) is 0 Å². The van der Waals surface area contributed by atoms with Gasteiger partial charge in [0.1, 0.15) is 5.66 Å². The van der Waals surface area contributed by atoms with Crippen LogP contribution in [0, 0.1) is 6.92 Å². The van der Waals surface area contributed by atoms with E-state index in [0.29, 0.717) is 11.5 Å². The number of rotatable bonds is 2. The van der Waals surface area contributed by atoms with E-state index in [-0.39, 0.29) is 11.9 Å². The Labute approximate surface area is 141 Å². The summed E-state index contributed by atoms with van der Waals surface area (Å²) in [7, 11) is 1.37. The molecule has 7 nitrogen and oxygen atoms in total. The largest absolute Gasteiger partial charge is 0.465 e. The molecule has 0 atom stereocenters. The van der Waals surface area contributed by atoms with Crippen LogP contribution in [0.4, 0.5) is 5.69 Å². The average molecular weight is 329 g/mol. The van der Waals surface area contributed by atoms with Crippen LogP contribution in [0.25, 0.3) is 0 Å². The van der Waals surface area contributed by atoms with E-state index in [1.165, 1.54) is 13.5 Å². The number of aliphatic imine (C=N–C) groups is 2. The lowest BCUT2D eigenvalue weighted by Gasteiger charge is -2.46. The zero-order valence-corrected chi connectivity index (χ0v) is 14.1. The fraction of sp³-hybridized carbons (Fsp3) is 0.471. The molecule has 0 amide bonds. The Morgan fingerprint density at radius 1 is 1.25 bits per heavy atom. The predicted octanol–water partition coefficient (Wildman–Crippen LogP) is 1.89. The number of anilines is 1. The number of guanidine groups is 2. The van der Waals surface area contributed by atoms with Crippen molar-refractivity contribution in [2.75, 3.05) is 12.0 Å². The highest BCUT2D eigenvalue weighted by Gasteiger charge is 2.43. The van der Waals surface area contributed by atoms with Gasteiger partial charge in [0.15, 0.2) is 0 Å². The summed E-state index contributed by atoms with van der Waals surface area (Å²) < 4.78 is 4.83. The third-order valence-electron chi connectivity index (χ3n) is 4.72. The van der Waals surface area contributed by atoms with Crippen LogP contribution < -0.4 is 16.4 Å². The molecule has 1 aliphatic carbocycles. The molecule has 2 aliphatic rings. The molecule has 1 heterocycles. The highest BCUT2D eigenvalue weighted by Crippen LogP contribution is 2.40. The summed E-state index contributed by atoms with van der Waals surface area (Å²) in [5, 5.41) is 0. The lowest BCUT2D eigenvalue weighted by Crippen LogP contribution is -2.58. The van der Waals surface area contributed by atoms with Gasteiger partial charge < -0.3 is 16.2 Å². The van der Waals surface area contributed by atoms with E-state index in [2.05, 4.69) is 9.98 Å². The number of ether oxygens (including phenoxy) is 1. The first-order valence-corrected chi connectivity index (χ1v) is 8.15. The van der Waals surface area contributed by atoms with Crippen molar-refractivity contribution < 1.29 is 9.53 Å². The van der Waals surface area contributed by atoms with Crippen molar-refractivity contribution in [2.45, 2.75) is 44.7 Å². The zero-order valence-electron chi connectivity index (χ0n) is 14.1. The number of aryl methyl sites for hydroxylation is 1. The Hall–Kier alpha value is -2.57. The van der Waals surface area contributed by atoms with E-state index in [1.54, 1.807) is 12.1 Å². The van der Waals surface area contributed by atoms with Crippen LogP contribution in [-0.2, 0) is 4.74 Å². The molecule has 3 rings (SSSR count). The fourth-order valence-corrected chi connectivity index (χ4v) is 3.56. The topological polar surface area (TPSA) is 106 Å². The summed E-state index contributed by atoms with van der Waals surface area (Å²) in [5.74, 6) is 0.145. The SMILES string of the molecule is COC(=O)c1ccc(C)c(N2C(N)=NC(N)=NC23CCCCC3)c1. The Balaban J connectivity index is 2.12. The summed E-state index contributed by atoms with van der Waals surface area (Å²) in [4.78, 5) is 22.7. The van der Waals surface area contributed by atoms with Gasteiger partial charge in [-0.3, -0.25) is 4.90 Å². The van der Waals surface area contributed by atoms with Crippen molar-refractivity contribution in [3.8, 4) is 0 Å². The second kappa shape index (κ2) is 6.14. The molecule has 1 spiro atoms. The number of methoxy groups -OCH3 is 1. The van der Waals surface area contributed by atoms with Crippen LogP contribution in [0.2, 0.25) is 0 Å². The molecule has 1 aromatic rings.